The SMILES string of the molecule is O=C(Nc1cccc(F)c1)c1c(O)[nH]c(=S)[nH]c1=O. The Labute approximate surface area is 110 Å². The first-order chi connectivity index (χ1) is 8.97. The largest absolute Gasteiger partial charge is 0.494 e. The molecule has 0 saturated heterocycles. The van der Waals surface area contributed by atoms with Gasteiger partial charge in [0.15, 0.2) is 10.3 Å². The van der Waals surface area contributed by atoms with E-state index in [1.54, 1.807) is 0 Å². The number of H-pyrrole nitrogens is 2. The zero-order valence-corrected chi connectivity index (χ0v) is 10.2. The van der Waals surface area contributed by atoms with Crippen molar-refractivity contribution < 1.29 is 14.3 Å². The molecule has 0 saturated carbocycles. The van der Waals surface area contributed by atoms with Crippen LogP contribution in [-0.4, -0.2) is 21.0 Å². The van der Waals surface area contributed by atoms with Crippen LogP contribution in [-0.2, 0) is 0 Å². The van der Waals surface area contributed by atoms with Crippen LogP contribution in [0.4, 0.5) is 10.1 Å². The van der Waals surface area contributed by atoms with E-state index in [-0.39, 0.29) is 10.5 Å². The molecule has 0 aliphatic heterocycles. The monoisotopic (exact) mass is 281 g/mol. The lowest BCUT2D eigenvalue weighted by Crippen LogP contribution is -2.24. The van der Waals surface area contributed by atoms with Crippen molar-refractivity contribution >= 4 is 23.8 Å². The highest BCUT2D eigenvalue weighted by molar-refractivity contribution is 7.71. The van der Waals surface area contributed by atoms with Crippen molar-refractivity contribution in [1.29, 1.82) is 0 Å². The fourth-order valence-electron chi connectivity index (χ4n) is 1.44. The maximum absolute atomic E-state index is 12.9. The third kappa shape index (κ3) is 2.86. The topological polar surface area (TPSA) is 98.0 Å². The Morgan fingerprint density at radius 2 is 2.11 bits per heavy atom. The fraction of sp³-hybridized carbons (Fsp3) is 0. The average molecular weight is 281 g/mol. The van der Waals surface area contributed by atoms with Gasteiger partial charge in [-0.2, -0.15) is 0 Å². The van der Waals surface area contributed by atoms with Gasteiger partial charge in [-0.3, -0.25) is 14.6 Å². The highest BCUT2D eigenvalue weighted by Crippen LogP contribution is 2.13. The lowest BCUT2D eigenvalue weighted by atomic mass is 10.2. The standard InChI is InChI=1S/C11H8FN3O3S/c12-5-2-1-3-6(4-5)13-8(16)7-9(17)14-11(19)15-10(7)18/h1-4H,(H,13,16)(H3,14,15,17,18,19). The van der Waals surface area contributed by atoms with Gasteiger partial charge in [0.2, 0.25) is 5.88 Å². The van der Waals surface area contributed by atoms with Crippen LogP contribution in [0.25, 0.3) is 0 Å². The molecule has 19 heavy (non-hydrogen) atoms. The van der Waals surface area contributed by atoms with Crippen LogP contribution in [0.1, 0.15) is 10.4 Å². The molecule has 1 aromatic carbocycles. The number of nitrogens with one attached hydrogen (secondary N) is 3. The van der Waals surface area contributed by atoms with Gasteiger partial charge in [0.05, 0.1) is 0 Å². The first-order valence-corrected chi connectivity index (χ1v) is 5.50. The molecule has 98 valence electrons. The summed E-state index contributed by atoms with van der Waals surface area (Å²) in [6.07, 6.45) is 0. The van der Waals surface area contributed by atoms with Crippen molar-refractivity contribution in [2.24, 2.45) is 0 Å². The Bertz CT molecular complexity index is 753. The van der Waals surface area contributed by atoms with E-state index < -0.39 is 28.7 Å². The molecule has 1 aromatic heterocycles. The van der Waals surface area contributed by atoms with Crippen LogP contribution in [0.15, 0.2) is 29.1 Å². The molecule has 1 amide bonds. The summed E-state index contributed by atoms with van der Waals surface area (Å²) >= 11 is 4.63. The maximum atomic E-state index is 12.9. The van der Waals surface area contributed by atoms with E-state index >= 15 is 0 Å². The summed E-state index contributed by atoms with van der Waals surface area (Å²) in [5.41, 5.74) is -1.21. The molecule has 6 nitrogen and oxygen atoms in total. The van der Waals surface area contributed by atoms with E-state index in [4.69, 9.17) is 0 Å². The molecule has 0 spiro atoms. The normalized spacial score (nSPS) is 10.2. The number of aromatic nitrogens is 2. The molecular formula is C11H8FN3O3S. The first kappa shape index (κ1) is 13.0. The van der Waals surface area contributed by atoms with E-state index in [1.165, 1.54) is 18.2 Å². The van der Waals surface area contributed by atoms with Crippen LogP contribution in [0.3, 0.4) is 0 Å². The van der Waals surface area contributed by atoms with E-state index in [9.17, 15) is 19.1 Å². The molecule has 4 N–H and O–H groups in total. The Kier molecular flexibility index (Phi) is 3.43. The van der Waals surface area contributed by atoms with Gasteiger partial charge in [0.1, 0.15) is 5.82 Å². The second kappa shape index (κ2) is 5.02. The number of hydrogen-bond donors (Lipinski definition) is 4. The van der Waals surface area contributed by atoms with Gasteiger partial charge in [-0.1, -0.05) is 6.07 Å². The van der Waals surface area contributed by atoms with Crippen LogP contribution >= 0.6 is 12.2 Å². The molecular weight excluding hydrogens is 273 g/mol. The molecule has 0 atom stereocenters. The minimum absolute atomic E-state index is 0.107. The highest BCUT2D eigenvalue weighted by Gasteiger charge is 2.17. The average Bonchev–Trinajstić information content (AvgIpc) is 2.27. The number of halogens is 1. The summed E-state index contributed by atoms with van der Waals surface area (Å²) in [6.45, 7) is 0. The molecule has 0 aliphatic carbocycles. The molecule has 0 radical (unpaired) electrons. The second-order valence-electron chi connectivity index (χ2n) is 3.60. The number of benzene rings is 1. The fourth-order valence-corrected chi connectivity index (χ4v) is 1.63. The van der Waals surface area contributed by atoms with Crippen molar-refractivity contribution in [3.63, 3.8) is 0 Å². The van der Waals surface area contributed by atoms with Crippen molar-refractivity contribution in [3.8, 4) is 5.88 Å². The van der Waals surface area contributed by atoms with Crippen molar-refractivity contribution in [2.45, 2.75) is 0 Å². The number of amides is 1. The number of aromatic amines is 2. The van der Waals surface area contributed by atoms with Gasteiger partial charge >= 0.3 is 0 Å². The van der Waals surface area contributed by atoms with Crippen LogP contribution < -0.4 is 10.9 Å². The molecule has 8 heteroatoms. The summed E-state index contributed by atoms with van der Waals surface area (Å²) in [7, 11) is 0. The van der Waals surface area contributed by atoms with E-state index in [1.807, 2.05) is 0 Å². The smallest absolute Gasteiger partial charge is 0.268 e. The van der Waals surface area contributed by atoms with Crippen molar-refractivity contribution in [2.75, 3.05) is 5.32 Å². The van der Waals surface area contributed by atoms with Crippen LogP contribution in [0.2, 0.25) is 0 Å². The van der Waals surface area contributed by atoms with Gasteiger partial charge in [-0.05, 0) is 30.4 Å². The third-order valence-corrected chi connectivity index (χ3v) is 2.44. The van der Waals surface area contributed by atoms with Crippen molar-refractivity contribution in [1.82, 2.24) is 9.97 Å². The number of carbonyl (C=O) groups excluding carboxylic acids is 1. The molecule has 1 heterocycles. The van der Waals surface area contributed by atoms with E-state index in [0.717, 1.165) is 6.07 Å². The van der Waals surface area contributed by atoms with Crippen molar-refractivity contribution in [3.05, 3.63) is 50.8 Å². The molecule has 0 bridgehead atoms. The zero-order valence-electron chi connectivity index (χ0n) is 9.36. The van der Waals surface area contributed by atoms with Gasteiger partial charge in [-0.15, -0.1) is 0 Å². The van der Waals surface area contributed by atoms with E-state index in [2.05, 4.69) is 27.5 Å². The van der Waals surface area contributed by atoms with Crippen LogP contribution in [0.5, 0.6) is 5.88 Å². The van der Waals surface area contributed by atoms with Crippen LogP contribution in [0, 0.1) is 10.6 Å². The minimum atomic E-state index is -0.879. The summed E-state index contributed by atoms with van der Waals surface area (Å²) in [5.74, 6) is -2.07. The van der Waals surface area contributed by atoms with E-state index in [0.29, 0.717) is 0 Å². The minimum Gasteiger partial charge on any atom is -0.494 e. The predicted molar refractivity (Wildman–Crippen MR) is 68.3 cm³/mol. The number of aromatic hydroxyl groups is 1. The summed E-state index contributed by atoms with van der Waals surface area (Å²) in [4.78, 5) is 27.7. The summed E-state index contributed by atoms with van der Waals surface area (Å²) < 4.78 is 12.8. The van der Waals surface area contributed by atoms with Gasteiger partial charge in [-0.25, -0.2) is 4.39 Å². The highest BCUT2D eigenvalue weighted by atomic mass is 32.1. The number of carbonyl (C=O) groups is 1. The predicted octanol–water partition coefficient (Wildman–Crippen LogP) is 1.53. The first-order valence-electron chi connectivity index (χ1n) is 5.10. The second-order valence-corrected chi connectivity index (χ2v) is 4.00. The Morgan fingerprint density at radius 1 is 1.37 bits per heavy atom. The molecule has 2 rings (SSSR count). The molecule has 0 aliphatic rings. The Hall–Kier alpha value is -2.48. The van der Waals surface area contributed by atoms with Gasteiger partial charge < -0.3 is 15.4 Å². The molecule has 2 aromatic rings. The van der Waals surface area contributed by atoms with Gasteiger partial charge in [0.25, 0.3) is 11.5 Å². The third-order valence-electron chi connectivity index (χ3n) is 2.23. The lowest BCUT2D eigenvalue weighted by molar-refractivity contribution is 0.102. The molecule has 0 unspecified atom stereocenters. The summed E-state index contributed by atoms with van der Waals surface area (Å²) in [6, 6.07) is 5.12. The summed E-state index contributed by atoms with van der Waals surface area (Å²) in [5, 5.41) is 11.8. The Morgan fingerprint density at radius 3 is 2.74 bits per heavy atom. The Balaban J connectivity index is 2.36. The lowest BCUT2D eigenvalue weighted by Gasteiger charge is -2.05. The van der Waals surface area contributed by atoms with Gasteiger partial charge in [0, 0.05) is 5.69 Å². The molecule has 0 fully saturated rings. The number of anilines is 1. The number of hydrogen-bond acceptors (Lipinski definition) is 4. The number of rotatable bonds is 2. The zero-order chi connectivity index (χ0) is 14.0. The maximum Gasteiger partial charge on any atom is 0.268 e. The quantitative estimate of drug-likeness (QED) is 0.627.